The third kappa shape index (κ3) is 2.68. The Morgan fingerprint density at radius 2 is 2.46 bits per heavy atom. The molecule has 0 fully saturated rings. The molecule has 0 aromatic carbocycles. The van der Waals surface area contributed by atoms with E-state index < -0.39 is 6.10 Å². The summed E-state index contributed by atoms with van der Waals surface area (Å²) in [6, 6.07) is 3.47. The van der Waals surface area contributed by atoms with Gasteiger partial charge in [-0.15, -0.1) is 0 Å². The Kier molecular flexibility index (Phi) is 3.67. The molecule has 1 aromatic heterocycles. The van der Waals surface area contributed by atoms with Crippen LogP contribution in [-0.4, -0.2) is 30.8 Å². The molecule has 0 aliphatic heterocycles. The lowest BCUT2D eigenvalue weighted by Gasteiger charge is -2.09. The number of hydrogen-bond acceptors (Lipinski definition) is 4. The van der Waals surface area contributed by atoms with E-state index in [1.807, 2.05) is 0 Å². The summed E-state index contributed by atoms with van der Waals surface area (Å²) in [5.74, 6) is 0.708. The first-order valence-electron chi connectivity index (χ1n) is 4.10. The first kappa shape index (κ1) is 9.95. The smallest absolute Gasteiger partial charge is 0.122 e. The number of rotatable bonds is 4. The van der Waals surface area contributed by atoms with Crippen LogP contribution in [0.4, 0.5) is 0 Å². The van der Waals surface area contributed by atoms with Crippen molar-refractivity contribution in [3.63, 3.8) is 0 Å². The van der Waals surface area contributed by atoms with E-state index in [4.69, 9.17) is 4.74 Å². The number of hydrogen-bond donors (Lipinski definition) is 2. The molecule has 72 valence electrons. The van der Waals surface area contributed by atoms with E-state index >= 15 is 0 Å². The van der Waals surface area contributed by atoms with E-state index in [0.29, 0.717) is 18.0 Å². The molecule has 0 aliphatic rings. The fourth-order valence-corrected chi connectivity index (χ4v) is 1.04. The lowest BCUT2D eigenvalue weighted by Crippen LogP contribution is -2.17. The fraction of sp³-hybridized carbons (Fsp3) is 0.444. The number of nitrogens with one attached hydrogen (secondary N) is 1. The Morgan fingerprint density at radius 1 is 1.69 bits per heavy atom. The van der Waals surface area contributed by atoms with Gasteiger partial charge in [0.15, 0.2) is 0 Å². The molecule has 0 aliphatic carbocycles. The zero-order valence-electron chi connectivity index (χ0n) is 7.82. The van der Waals surface area contributed by atoms with Crippen molar-refractivity contribution in [3.05, 3.63) is 24.0 Å². The van der Waals surface area contributed by atoms with Crippen molar-refractivity contribution in [2.75, 3.05) is 20.7 Å². The highest BCUT2D eigenvalue weighted by Gasteiger charge is 2.07. The van der Waals surface area contributed by atoms with Crippen LogP contribution in [-0.2, 0) is 0 Å². The summed E-state index contributed by atoms with van der Waals surface area (Å²) in [6.07, 6.45) is 1.03. The van der Waals surface area contributed by atoms with Crippen LogP contribution in [0.5, 0.6) is 5.75 Å². The van der Waals surface area contributed by atoms with Crippen molar-refractivity contribution in [2.24, 2.45) is 0 Å². The minimum atomic E-state index is -0.583. The van der Waals surface area contributed by atoms with E-state index in [9.17, 15) is 5.11 Å². The maximum atomic E-state index is 9.56. The fourth-order valence-electron chi connectivity index (χ4n) is 1.04. The number of ether oxygens (including phenoxy) is 1. The number of methoxy groups -OCH3 is 1. The van der Waals surface area contributed by atoms with E-state index in [0.717, 1.165) is 0 Å². The van der Waals surface area contributed by atoms with Gasteiger partial charge in [-0.2, -0.15) is 0 Å². The molecule has 1 atom stereocenters. The largest absolute Gasteiger partial charge is 0.497 e. The Labute approximate surface area is 77.6 Å². The van der Waals surface area contributed by atoms with Crippen LogP contribution < -0.4 is 10.1 Å². The van der Waals surface area contributed by atoms with Gasteiger partial charge in [-0.05, 0) is 13.1 Å². The van der Waals surface area contributed by atoms with E-state index in [1.165, 1.54) is 0 Å². The summed E-state index contributed by atoms with van der Waals surface area (Å²) in [5, 5.41) is 12.4. The van der Waals surface area contributed by atoms with Gasteiger partial charge in [-0.25, -0.2) is 0 Å². The van der Waals surface area contributed by atoms with Gasteiger partial charge in [0.1, 0.15) is 11.9 Å². The van der Waals surface area contributed by atoms with Crippen molar-refractivity contribution < 1.29 is 9.84 Å². The predicted molar refractivity (Wildman–Crippen MR) is 49.7 cm³/mol. The second-order valence-corrected chi connectivity index (χ2v) is 2.69. The Hall–Kier alpha value is -1.13. The number of likely N-dealkylation sites (N-methyl/N-ethyl adjacent to an activating group) is 1. The van der Waals surface area contributed by atoms with Crippen molar-refractivity contribution in [1.29, 1.82) is 0 Å². The van der Waals surface area contributed by atoms with E-state index in [2.05, 4.69) is 10.3 Å². The predicted octanol–water partition coefficient (Wildman–Crippen LogP) is 0.343. The van der Waals surface area contributed by atoms with Crippen molar-refractivity contribution in [2.45, 2.75) is 6.10 Å². The lowest BCUT2D eigenvalue weighted by molar-refractivity contribution is 0.172. The summed E-state index contributed by atoms with van der Waals surface area (Å²) in [5.41, 5.74) is 0.619. The molecule has 0 bridgehead atoms. The van der Waals surface area contributed by atoms with Crippen molar-refractivity contribution in [3.8, 4) is 5.75 Å². The normalized spacial score (nSPS) is 12.5. The summed E-state index contributed by atoms with van der Waals surface area (Å²) in [6.45, 7) is 0.486. The monoisotopic (exact) mass is 182 g/mol. The Morgan fingerprint density at radius 3 is 3.08 bits per heavy atom. The topological polar surface area (TPSA) is 54.4 Å². The molecule has 2 N–H and O–H groups in total. The maximum absolute atomic E-state index is 9.56. The molecule has 1 aromatic rings. The van der Waals surface area contributed by atoms with Crippen molar-refractivity contribution in [1.82, 2.24) is 10.3 Å². The molecule has 4 heteroatoms. The molecule has 0 spiro atoms. The molecule has 0 radical (unpaired) electrons. The zero-order valence-corrected chi connectivity index (χ0v) is 7.82. The van der Waals surface area contributed by atoms with Crippen molar-refractivity contribution >= 4 is 0 Å². The molecule has 1 rings (SSSR count). The van der Waals surface area contributed by atoms with Gasteiger partial charge >= 0.3 is 0 Å². The van der Waals surface area contributed by atoms with E-state index in [1.54, 1.807) is 32.5 Å². The summed E-state index contributed by atoms with van der Waals surface area (Å²) < 4.78 is 5.01. The van der Waals surface area contributed by atoms with Gasteiger partial charge in [0.2, 0.25) is 0 Å². The molecule has 0 amide bonds. The highest BCUT2D eigenvalue weighted by atomic mass is 16.5. The third-order valence-electron chi connectivity index (χ3n) is 1.73. The average molecular weight is 182 g/mol. The first-order valence-corrected chi connectivity index (χ1v) is 4.10. The van der Waals surface area contributed by atoms with Crippen LogP contribution in [0, 0.1) is 0 Å². The van der Waals surface area contributed by atoms with Crippen LogP contribution in [0.1, 0.15) is 11.8 Å². The number of aliphatic hydroxyl groups excluding tert-OH is 1. The minimum absolute atomic E-state index is 0.486. The maximum Gasteiger partial charge on any atom is 0.122 e. The average Bonchev–Trinajstić information content (AvgIpc) is 2.18. The van der Waals surface area contributed by atoms with E-state index in [-0.39, 0.29) is 0 Å². The minimum Gasteiger partial charge on any atom is -0.497 e. The van der Waals surface area contributed by atoms with Gasteiger partial charge in [-0.3, -0.25) is 4.98 Å². The number of nitrogens with zero attached hydrogens (tertiary/aromatic N) is 1. The summed E-state index contributed by atoms with van der Waals surface area (Å²) in [7, 11) is 3.37. The number of aliphatic hydroxyl groups is 1. The molecule has 4 nitrogen and oxygen atoms in total. The Balaban J connectivity index is 2.75. The van der Waals surface area contributed by atoms with Gasteiger partial charge in [0.05, 0.1) is 12.8 Å². The number of aromatic nitrogens is 1. The molecule has 1 heterocycles. The second-order valence-electron chi connectivity index (χ2n) is 2.69. The summed E-state index contributed by atoms with van der Waals surface area (Å²) >= 11 is 0. The zero-order chi connectivity index (χ0) is 9.68. The van der Waals surface area contributed by atoms with Gasteiger partial charge in [0.25, 0.3) is 0 Å². The van der Waals surface area contributed by atoms with Crippen LogP contribution in [0.15, 0.2) is 18.3 Å². The standard InChI is InChI=1S/C9H14N2O2/c1-10-6-9(12)8-5-7(13-2)3-4-11-8/h3-5,9-10,12H,6H2,1-2H3. The highest BCUT2D eigenvalue weighted by molar-refractivity contribution is 5.23. The van der Waals surface area contributed by atoms with Gasteiger partial charge < -0.3 is 15.2 Å². The van der Waals surface area contributed by atoms with Crippen LogP contribution in [0.2, 0.25) is 0 Å². The Bertz CT molecular complexity index is 266. The molecule has 13 heavy (non-hydrogen) atoms. The lowest BCUT2D eigenvalue weighted by atomic mass is 10.2. The third-order valence-corrected chi connectivity index (χ3v) is 1.73. The molecule has 1 unspecified atom stereocenters. The molecular formula is C9H14N2O2. The number of pyridine rings is 1. The van der Waals surface area contributed by atoms with Gasteiger partial charge in [0, 0.05) is 18.8 Å². The quantitative estimate of drug-likeness (QED) is 0.705. The van der Waals surface area contributed by atoms with Crippen LogP contribution >= 0.6 is 0 Å². The molecule has 0 saturated heterocycles. The summed E-state index contributed by atoms with van der Waals surface area (Å²) in [4.78, 5) is 4.04. The van der Waals surface area contributed by atoms with Crippen LogP contribution in [0.25, 0.3) is 0 Å². The first-order chi connectivity index (χ1) is 6.27. The van der Waals surface area contributed by atoms with Gasteiger partial charge in [-0.1, -0.05) is 0 Å². The second kappa shape index (κ2) is 4.79. The molecule has 0 saturated carbocycles. The van der Waals surface area contributed by atoms with Crippen LogP contribution in [0.3, 0.4) is 0 Å². The highest BCUT2D eigenvalue weighted by Crippen LogP contribution is 2.15. The SMILES string of the molecule is CNCC(O)c1cc(OC)ccn1. The molecular weight excluding hydrogens is 168 g/mol.